The topological polar surface area (TPSA) is 248 Å². The molecule has 4 unspecified atom stereocenters. The summed E-state index contributed by atoms with van der Waals surface area (Å²) in [7, 11) is 4.79. The SMILES string of the molecule is CC(=O)N1CC(c2ccccc2)(c2cccc(Br)c2)N=C1N.CON1CC(C)(c2cccc(-c3cccc(C#N)c3)c2)N=C1N.CON1CC(C)(c2cccc(-c3cccnc3)c2)N=C1N.CON1CC(C)(c2cccc(-c3ccsc3)c2)N=C1N. The number of hydroxylamine groups is 6. The molecule has 6 aromatic carbocycles. The van der Waals surface area contributed by atoms with E-state index in [1.165, 1.54) is 23.0 Å². The number of benzene rings is 6. The molecule has 18 nitrogen and oxygen atoms in total. The van der Waals surface area contributed by atoms with Crippen molar-refractivity contribution in [2.45, 2.75) is 49.9 Å². The maximum atomic E-state index is 11.8. The van der Waals surface area contributed by atoms with E-state index in [0.717, 1.165) is 54.5 Å². The minimum absolute atomic E-state index is 0.103. The van der Waals surface area contributed by atoms with Crippen LogP contribution in [0.5, 0.6) is 0 Å². The lowest BCUT2D eigenvalue weighted by atomic mass is 9.83. The van der Waals surface area contributed by atoms with Gasteiger partial charge in [0.1, 0.15) is 22.2 Å². The maximum absolute atomic E-state index is 11.8. The van der Waals surface area contributed by atoms with E-state index in [1.807, 2.05) is 122 Å². The first-order valence-corrected chi connectivity index (χ1v) is 29.3. The van der Waals surface area contributed by atoms with Crippen LogP contribution in [0.4, 0.5) is 0 Å². The number of nitrogens with two attached hydrogens (primary N) is 4. The number of hydrogen-bond donors (Lipinski definition) is 4. The van der Waals surface area contributed by atoms with Crippen molar-refractivity contribution in [2.75, 3.05) is 47.5 Å². The van der Waals surface area contributed by atoms with Crippen molar-refractivity contribution < 1.29 is 19.3 Å². The van der Waals surface area contributed by atoms with Gasteiger partial charge < -0.3 is 22.9 Å². The van der Waals surface area contributed by atoms with Crippen LogP contribution >= 0.6 is 27.3 Å². The van der Waals surface area contributed by atoms with Gasteiger partial charge in [0.2, 0.25) is 23.8 Å². The Morgan fingerprint density at radius 2 is 0.977 bits per heavy atom. The zero-order valence-electron chi connectivity index (χ0n) is 49.0. The number of amides is 1. The maximum Gasteiger partial charge on any atom is 0.226 e. The fourth-order valence-corrected chi connectivity index (χ4v) is 11.8. The number of guanidine groups is 4. The molecule has 0 saturated heterocycles. The lowest BCUT2D eigenvalue weighted by Gasteiger charge is -2.28. The number of carbonyl (C=O) groups excluding carboxylic acids is 1. The number of hydrogen-bond acceptors (Lipinski definition) is 18. The number of halogens is 1. The molecule has 4 aliphatic rings. The van der Waals surface area contributed by atoms with Crippen LogP contribution in [0.2, 0.25) is 0 Å². The number of nitriles is 1. The van der Waals surface area contributed by atoms with Gasteiger partial charge in [0, 0.05) is 23.8 Å². The molecule has 0 aliphatic carbocycles. The summed E-state index contributed by atoms with van der Waals surface area (Å²) in [4.78, 5) is 51.5. The zero-order valence-corrected chi connectivity index (χ0v) is 51.4. The quantitative estimate of drug-likeness (QED) is 0.0942. The lowest BCUT2D eigenvalue weighted by molar-refractivity contribution is -0.125. The van der Waals surface area contributed by atoms with Crippen molar-refractivity contribution in [1.82, 2.24) is 25.1 Å². The summed E-state index contributed by atoms with van der Waals surface area (Å²) in [6.45, 7) is 9.88. The van der Waals surface area contributed by atoms with Crippen LogP contribution in [-0.4, -0.2) is 102 Å². The van der Waals surface area contributed by atoms with E-state index in [4.69, 9.17) is 42.7 Å². The molecular weight excluding hydrogens is 1160 g/mol. The monoisotopic (exact) mass is 1230 g/mol. The zero-order chi connectivity index (χ0) is 61.2. The van der Waals surface area contributed by atoms with E-state index in [2.05, 4.69) is 126 Å². The third-order valence-electron chi connectivity index (χ3n) is 15.4. The minimum atomic E-state index is -0.666. The molecule has 0 spiro atoms. The third-order valence-corrected chi connectivity index (χ3v) is 16.6. The van der Waals surface area contributed by atoms with E-state index >= 15 is 0 Å². The van der Waals surface area contributed by atoms with Crippen LogP contribution in [0, 0.1) is 11.3 Å². The first-order valence-electron chi connectivity index (χ1n) is 27.5. The molecule has 86 heavy (non-hydrogen) atoms. The van der Waals surface area contributed by atoms with Crippen molar-refractivity contribution in [1.29, 1.82) is 5.26 Å². The van der Waals surface area contributed by atoms with Crippen molar-refractivity contribution >= 4 is 57.0 Å². The van der Waals surface area contributed by atoms with Gasteiger partial charge in [0.25, 0.3) is 0 Å². The Morgan fingerprint density at radius 1 is 0.523 bits per heavy atom. The summed E-state index contributed by atoms with van der Waals surface area (Å²) >= 11 is 5.21. The molecule has 20 heteroatoms. The van der Waals surface area contributed by atoms with E-state index in [0.29, 0.717) is 49.6 Å². The van der Waals surface area contributed by atoms with Gasteiger partial charge >= 0.3 is 0 Å². The average Bonchev–Trinajstić information content (AvgIpc) is 2.02. The summed E-state index contributed by atoms with van der Waals surface area (Å²) in [5.74, 6) is 1.37. The Labute approximate surface area is 514 Å². The second kappa shape index (κ2) is 26.4. The second-order valence-electron chi connectivity index (χ2n) is 21.4. The standard InChI is InChI=1S/C18H18N4O.C17H16BrN3O.C16H18N4O.C15H17N3OS/c1-18(12-22(23-2)17(20)21-18)16-8-4-7-15(10-16)14-6-3-5-13(9-14)11-19;1-12(22)21-11-17(20-16(21)19,13-6-3-2-4-7-13)14-8-5-9-15(18)10-14;1-16(11-20(21-2)15(17)19-16)14-7-3-5-12(9-14)13-6-4-8-18-10-13;1-15(10-18(19-2)14(16)17-15)13-5-3-4-11(8-13)12-6-7-20-9-12/h3-10H,12H2,1-2H3,(H2,20,21);2-10H,11H2,1H3,(H2,19,20);3-10H,11H2,1-2H3,(H2,17,19);3-9H,10H2,1-2H3,(H2,16,17). The van der Waals surface area contributed by atoms with Gasteiger partial charge in [-0.1, -0.05) is 131 Å². The molecule has 4 aliphatic heterocycles. The number of carbonyl (C=O) groups is 1. The van der Waals surface area contributed by atoms with Crippen LogP contribution in [0.15, 0.2) is 217 Å². The van der Waals surface area contributed by atoms with Crippen LogP contribution in [0.25, 0.3) is 33.4 Å². The van der Waals surface area contributed by atoms with Gasteiger partial charge in [-0.05, 0) is 147 Å². The van der Waals surface area contributed by atoms with Gasteiger partial charge in [-0.2, -0.15) is 16.6 Å². The van der Waals surface area contributed by atoms with E-state index in [9.17, 15) is 4.79 Å². The lowest BCUT2D eigenvalue weighted by Crippen LogP contribution is -2.40. The Balaban J connectivity index is 0.000000137. The van der Waals surface area contributed by atoms with E-state index in [1.54, 1.807) is 60.1 Å². The molecule has 4 atom stereocenters. The Kier molecular flexibility index (Phi) is 18.8. The second-order valence-corrected chi connectivity index (χ2v) is 23.1. The van der Waals surface area contributed by atoms with Gasteiger partial charge in [0.15, 0.2) is 5.96 Å². The van der Waals surface area contributed by atoms with Gasteiger partial charge in [-0.15, -0.1) is 0 Å². The molecule has 2 aromatic heterocycles. The summed E-state index contributed by atoms with van der Waals surface area (Å²) in [5.41, 5.74) is 34.5. The Morgan fingerprint density at radius 3 is 1.41 bits per heavy atom. The van der Waals surface area contributed by atoms with Gasteiger partial charge in [-0.25, -0.2) is 35.2 Å². The molecule has 440 valence electrons. The molecule has 8 N–H and O–H groups in total. The van der Waals surface area contributed by atoms with Crippen molar-refractivity contribution in [3.05, 3.63) is 231 Å². The highest BCUT2D eigenvalue weighted by molar-refractivity contribution is 9.10. The predicted octanol–water partition coefficient (Wildman–Crippen LogP) is 10.5. The van der Waals surface area contributed by atoms with Crippen LogP contribution < -0.4 is 22.9 Å². The fraction of sp³-hybridized carbons (Fsp3) is 0.227. The molecular formula is C66H69BrN14O4S. The fourth-order valence-electron chi connectivity index (χ4n) is 10.7. The predicted molar refractivity (Wildman–Crippen MR) is 344 cm³/mol. The van der Waals surface area contributed by atoms with E-state index < -0.39 is 16.6 Å². The van der Waals surface area contributed by atoms with Crippen molar-refractivity contribution in [2.24, 2.45) is 42.9 Å². The number of pyridine rings is 1. The third kappa shape index (κ3) is 13.5. The van der Waals surface area contributed by atoms with E-state index in [-0.39, 0.29) is 17.4 Å². The molecule has 0 bridgehead atoms. The van der Waals surface area contributed by atoms with Crippen LogP contribution in [0.1, 0.15) is 61.1 Å². The summed E-state index contributed by atoms with van der Waals surface area (Å²) in [5, 5.41) is 18.1. The van der Waals surface area contributed by atoms with Crippen molar-refractivity contribution in [3.63, 3.8) is 0 Å². The summed E-state index contributed by atoms with van der Waals surface area (Å²) in [6, 6.07) is 58.6. The van der Waals surface area contributed by atoms with Gasteiger partial charge in [-0.3, -0.25) is 29.2 Å². The van der Waals surface area contributed by atoms with Crippen LogP contribution in [0.3, 0.4) is 0 Å². The van der Waals surface area contributed by atoms with Gasteiger partial charge in [0.05, 0.1) is 59.1 Å². The number of aliphatic imine (C=N–C) groups is 4. The van der Waals surface area contributed by atoms with Crippen molar-refractivity contribution in [3.8, 4) is 39.4 Å². The molecule has 12 rings (SSSR count). The highest BCUT2D eigenvalue weighted by Crippen LogP contribution is 2.40. The number of nitrogens with zero attached hydrogens (tertiary/aromatic N) is 10. The normalized spacial score (nSPS) is 21.1. The molecule has 6 heterocycles. The number of thiophene rings is 1. The molecule has 8 aromatic rings. The minimum Gasteiger partial charge on any atom is -0.369 e. The Bertz CT molecular complexity index is 3860. The summed E-state index contributed by atoms with van der Waals surface area (Å²) in [6.07, 6.45) is 3.63. The van der Waals surface area contributed by atoms with Crippen LogP contribution in [-0.2, 0) is 41.5 Å². The highest BCUT2D eigenvalue weighted by atomic mass is 79.9. The highest BCUT2D eigenvalue weighted by Gasteiger charge is 2.44. The Hall–Kier alpha value is -9.23. The number of aromatic nitrogens is 1. The average molecular weight is 1230 g/mol. The summed E-state index contributed by atoms with van der Waals surface area (Å²) < 4.78 is 0.968. The molecule has 0 saturated carbocycles. The first-order chi connectivity index (χ1) is 41.3. The number of rotatable bonds is 11. The largest absolute Gasteiger partial charge is 0.369 e. The molecule has 0 radical (unpaired) electrons. The molecule has 1 amide bonds. The smallest absolute Gasteiger partial charge is 0.226 e. The molecule has 0 fully saturated rings. The first kappa shape index (κ1) is 61.3.